The molecule has 1 aliphatic heterocycles. The Labute approximate surface area is 169 Å². The minimum atomic E-state index is -2.32. The fraction of sp³-hybridized carbons (Fsp3) is 0.294. The summed E-state index contributed by atoms with van der Waals surface area (Å²) in [5.74, 6) is 0. The Bertz CT molecular complexity index is 510. The molecule has 1 fully saturated rings. The summed E-state index contributed by atoms with van der Waals surface area (Å²) < 4.78 is 6.09. The van der Waals surface area contributed by atoms with Crippen LogP contribution in [0.25, 0.3) is 0 Å². The maximum atomic E-state index is 7.03. The van der Waals surface area contributed by atoms with Crippen LogP contribution in [0.2, 0.25) is 0 Å². The Morgan fingerprint density at radius 3 is 1.77 bits per heavy atom. The van der Waals surface area contributed by atoms with Crippen molar-refractivity contribution in [3.8, 4) is 0 Å². The average Bonchev–Trinajstić information content (AvgIpc) is 2.56. The molecule has 1 saturated heterocycles. The Hall–Kier alpha value is 0.279. The van der Waals surface area contributed by atoms with Gasteiger partial charge in [-0.2, -0.15) is 0 Å². The van der Waals surface area contributed by atoms with Gasteiger partial charge in [0.15, 0.2) is 0 Å². The number of benzene rings is 2. The van der Waals surface area contributed by atoms with E-state index in [4.69, 9.17) is 12.2 Å². The first kappa shape index (κ1) is 20.3. The summed E-state index contributed by atoms with van der Waals surface area (Å²) >= 11 is 0. The largest absolute Gasteiger partial charge is 0.382 e. The van der Waals surface area contributed by atoms with Crippen molar-refractivity contribution in [3.05, 3.63) is 60.7 Å². The van der Waals surface area contributed by atoms with Crippen LogP contribution in [-0.2, 0) is 52.7 Å². The van der Waals surface area contributed by atoms with Gasteiger partial charge in [0.25, 0.3) is 0 Å². The van der Waals surface area contributed by atoms with E-state index < -0.39 is 7.94 Å². The molecule has 1 nitrogen and oxygen atoms in total. The van der Waals surface area contributed by atoms with Crippen molar-refractivity contribution in [1.82, 2.24) is 0 Å². The van der Waals surface area contributed by atoms with Gasteiger partial charge in [-0.05, 0) is 19.3 Å². The summed E-state index contributed by atoms with van der Waals surface area (Å²) in [6.45, 7) is 0.844. The molecule has 1 heterocycles. The third-order valence-electron chi connectivity index (χ3n) is 4.19. The maximum absolute atomic E-state index is 7.03. The minimum absolute atomic E-state index is 0. The Morgan fingerprint density at radius 2 is 1.36 bits per heavy atom. The second kappa shape index (κ2) is 9.54. The molecule has 22 heavy (non-hydrogen) atoms. The zero-order valence-corrected chi connectivity index (χ0v) is 17.7. The molecule has 0 saturated carbocycles. The summed E-state index contributed by atoms with van der Waals surface area (Å²) in [5.41, 5.74) is 0.182. The van der Waals surface area contributed by atoms with Crippen LogP contribution in [0.15, 0.2) is 60.7 Å². The molecule has 0 aromatic heterocycles. The van der Waals surface area contributed by atoms with E-state index in [0.29, 0.717) is 0 Å². The van der Waals surface area contributed by atoms with Gasteiger partial charge in [-0.1, -0.05) is 71.0 Å². The van der Waals surface area contributed by atoms with Crippen LogP contribution in [-0.4, -0.2) is 27.7 Å². The van der Waals surface area contributed by atoms with Crippen molar-refractivity contribution in [2.45, 2.75) is 25.0 Å². The van der Waals surface area contributed by atoms with Crippen LogP contribution in [0.1, 0.15) is 19.3 Å². The van der Waals surface area contributed by atoms with E-state index in [9.17, 15) is 0 Å². The maximum Gasteiger partial charge on any atom is 0.105 e. The van der Waals surface area contributed by atoms with Gasteiger partial charge in [-0.3, -0.25) is 0 Å². The van der Waals surface area contributed by atoms with Gasteiger partial charge in [-0.25, -0.2) is 0 Å². The first-order valence-corrected chi connectivity index (χ1v) is 9.49. The third kappa shape index (κ3) is 4.22. The SMILES string of the molecule is [B][Si](c1ccccc1)(c1ccccc1)C1CCCCO1.[Ti].[Zr]. The van der Waals surface area contributed by atoms with Crippen LogP contribution >= 0.6 is 0 Å². The van der Waals surface area contributed by atoms with Gasteiger partial charge in [0.2, 0.25) is 0 Å². The summed E-state index contributed by atoms with van der Waals surface area (Å²) in [6, 6.07) is 21.1. The Balaban J connectivity index is 0.00000121. The normalized spacial score (nSPS) is 17.9. The predicted molar refractivity (Wildman–Crippen MR) is 87.3 cm³/mol. The van der Waals surface area contributed by atoms with E-state index in [0.717, 1.165) is 19.4 Å². The van der Waals surface area contributed by atoms with Gasteiger partial charge in [0.05, 0.1) is 13.2 Å². The number of rotatable bonds is 3. The van der Waals surface area contributed by atoms with Gasteiger partial charge in [-0.15, -0.1) is 0 Å². The van der Waals surface area contributed by atoms with Crippen molar-refractivity contribution in [2.75, 3.05) is 6.61 Å². The number of hydrogen-bond donors (Lipinski definition) is 0. The van der Waals surface area contributed by atoms with Gasteiger partial charge in [0, 0.05) is 54.5 Å². The van der Waals surface area contributed by atoms with Gasteiger partial charge >= 0.3 is 0 Å². The van der Waals surface area contributed by atoms with E-state index in [1.807, 2.05) is 12.1 Å². The van der Waals surface area contributed by atoms with Crippen molar-refractivity contribution in [1.29, 1.82) is 0 Å². The van der Waals surface area contributed by atoms with Crippen LogP contribution in [0.5, 0.6) is 0 Å². The second-order valence-corrected chi connectivity index (χ2v) is 8.99. The molecule has 1 aliphatic rings. The fourth-order valence-corrected chi connectivity index (χ4v) is 6.67. The molecule has 2 radical (unpaired) electrons. The molecule has 2 aromatic rings. The average molecular weight is 417 g/mol. The monoisotopic (exact) mass is 416 g/mol. The molecule has 0 N–H and O–H groups in total. The number of hydrogen-bond acceptors (Lipinski definition) is 1. The van der Waals surface area contributed by atoms with Gasteiger partial charge < -0.3 is 4.74 Å². The van der Waals surface area contributed by atoms with Gasteiger partial charge in [0.1, 0.15) is 7.94 Å². The zero-order valence-electron chi connectivity index (χ0n) is 12.7. The van der Waals surface area contributed by atoms with Crippen molar-refractivity contribution >= 4 is 25.8 Å². The Kier molecular flexibility index (Phi) is 8.82. The summed E-state index contributed by atoms with van der Waals surface area (Å²) in [7, 11) is 4.71. The molecule has 2 aromatic carbocycles. The molecule has 1 unspecified atom stereocenters. The molecule has 108 valence electrons. The third-order valence-corrected chi connectivity index (χ3v) is 8.24. The zero-order chi connectivity index (χ0) is 13.8. The van der Waals surface area contributed by atoms with E-state index in [2.05, 4.69) is 48.5 Å². The standard InChI is InChI=1S/C17H19BOSi.Ti.Zr/c18-20(15-9-3-1-4-10-15,16-11-5-2-6-12-16)17-13-7-8-14-19-17;;/h1-6,9-12,17H,7-8,13-14H2;;. The quantitative estimate of drug-likeness (QED) is 0.695. The van der Waals surface area contributed by atoms with Crippen LogP contribution in [0.3, 0.4) is 0 Å². The molecule has 0 spiro atoms. The molecule has 0 bridgehead atoms. The van der Waals surface area contributed by atoms with Crippen molar-refractivity contribution < 1.29 is 52.7 Å². The van der Waals surface area contributed by atoms with Crippen molar-refractivity contribution in [3.63, 3.8) is 0 Å². The topological polar surface area (TPSA) is 9.23 Å². The van der Waals surface area contributed by atoms with E-state index in [1.54, 1.807) is 0 Å². The van der Waals surface area contributed by atoms with Crippen molar-refractivity contribution in [2.24, 2.45) is 0 Å². The molecular formula is C17H19BOSiTiZr. The molecule has 1 atom stereocenters. The van der Waals surface area contributed by atoms with Crippen LogP contribution in [0, 0.1) is 0 Å². The molecule has 0 aliphatic carbocycles. The molecule has 0 amide bonds. The van der Waals surface area contributed by atoms with E-state index in [-0.39, 0.29) is 53.6 Å². The summed E-state index contributed by atoms with van der Waals surface area (Å²) in [5, 5.41) is 2.52. The predicted octanol–water partition coefficient (Wildman–Crippen LogP) is 2.02. The second-order valence-electron chi connectivity index (χ2n) is 5.46. The molecule has 3 rings (SSSR count). The minimum Gasteiger partial charge on any atom is -0.382 e. The summed E-state index contributed by atoms with van der Waals surface area (Å²) in [6.07, 6.45) is 3.45. The fourth-order valence-electron chi connectivity index (χ4n) is 3.07. The summed E-state index contributed by atoms with van der Waals surface area (Å²) in [4.78, 5) is 0. The van der Waals surface area contributed by atoms with Crippen LogP contribution in [0.4, 0.5) is 0 Å². The smallest absolute Gasteiger partial charge is 0.105 e. The first-order chi connectivity index (χ1) is 9.82. The number of ether oxygens (including phenoxy) is 1. The first-order valence-electron chi connectivity index (χ1n) is 7.33. The Morgan fingerprint density at radius 1 is 0.864 bits per heavy atom. The van der Waals surface area contributed by atoms with Crippen LogP contribution < -0.4 is 10.4 Å². The molecule has 5 heteroatoms. The van der Waals surface area contributed by atoms with E-state index in [1.165, 1.54) is 16.8 Å². The molecular weight excluding hydrogens is 398 g/mol. The van der Waals surface area contributed by atoms with E-state index >= 15 is 0 Å².